The fourth-order valence-corrected chi connectivity index (χ4v) is 12.1. The first-order valence-corrected chi connectivity index (χ1v) is 24.5. The molecule has 2 heterocycles. The molecule has 0 fully saturated rings. The van der Waals surface area contributed by atoms with Crippen LogP contribution in [0.2, 0.25) is 0 Å². The number of anilines is 1. The van der Waals surface area contributed by atoms with E-state index in [1.807, 2.05) is 12.2 Å². The van der Waals surface area contributed by atoms with Gasteiger partial charge in [-0.05, 0) is 146 Å². The van der Waals surface area contributed by atoms with Crippen molar-refractivity contribution in [2.75, 3.05) is 18.0 Å². The summed E-state index contributed by atoms with van der Waals surface area (Å²) in [6.07, 6.45) is 3.83. The summed E-state index contributed by atoms with van der Waals surface area (Å²) in [5.41, 5.74) is 10.1. The SMILES string of the molecule is CCN1/C(=C/C2=C(O)C(=C/C3=[N+](CC)c4ccc(C#Cc5ccc6ccc7cccc8ccc5c6c78)cc4C3(C)C)/C2=O)C(C)(C)c2cc(C#Cc3ccc4ccc5cccc6ccc3c4c56)ccc21. The van der Waals surface area contributed by atoms with Gasteiger partial charge in [-0.2, -0.15) is 4.58 Å². The lowest BCUT2D eigenvalue weighted by atomic mass is 9.77. The number of rotatable bonds is 4. The molecule has 0 saturated carbocycles. The van der Waals surface area contributed by atoms with E-state index in [2.05, 4.69) is 220 Å². The Morgan fingerprint density at radius 1 is 0.557 bits per heavy atom. The molecule has 10 aromatic carbocycles. The van der Waals surface area contributed by atoms with Gasteiger partial charge in [-0.1, -0.05) is 135 Å². The highest BCUT2D eigenvalue weighted by Crippen LogP contribution is 2.50. The first kappa shape index (κ1) is 41.7. The Kier molecular flexibility index (Phi) is 8.96. The standard InChI is InChI=1S/C66H48N2O2/c1-7-67-55-33-17-39(15-19-41-21-23-47-27-25-43-11-9-13-45-29-31-49(41)61(47)59(43)45)35-53(55)65(3,4)57(67)37-51-63(69)52(64(51)70)38-58-66(5,6)54-36-40(18-34-56(54)68(58)8-2)16-20-42-22-24-48-28-26-44-12-10-14-46-30-32-50(42)62(48)60(44)46/h9-14,17-18,21-38H,7-8H2,1-6H3/p+1. The van der Waals surface area contributed by atoms with Crippen LogP contribution in [0.1, 0.15) is 74.9 Å². The average Bonchev–Trinajstić information content (AvgIpc) is 3.73. The zero-order valence-corrected chi connectivity index (χ0v) is 40.2. The van der Waals surface area contributed by atoms with Crippen LogP contribution in [0.5, 0.6) is 0 Å². The van der Waals surface area contributed by atoms with Crippen LogP contribution in [-0.4, -0.2) is 34.3 Å². The van der Waals surface area contributed by atoms with Crippen LogP contribution in [0.3, 0.4) is 0 Å². The summed E-state index contributed by atoms with van der Waals surface area (Å²) >= 11 is 0. The highest BCUT2D eigenvalue weighted by Gasteiger charge is 2.47. The Hall–Kier alpha value is -8.44. The lowest BCUT2D eigenvalue weighted by Gasteiger charge is -2.28. The van der Waals surface area contributed by atoms with Crippen LogP contribution in [0.4, 0.5) is 11.4 Å². The van der Waals surface area contributed by atoms with E-state index in [1.165, 1.54) is 64.6 Å². The van der Waals surface area contributed by atoms with E-state index in [0.29, 0.717) is 24.2 Å². The van der Waals surface area contributed by atoms with E-state index < -0.39 is 10.8 Å². The molecule has 3 aliphatic rings. The fourth-order valence-electron chi connectivity index (χ4n) is 12.1. The van der Waals surface area contributed by atoms with Gasteiger partial charge in [-0.15, -0.1) is 0 Å². The molecule has 0 saturated heterocycles. The number of likely N-dealkylation sites (N-methyl/N-ethyl adjacent to an activating group) is 1. The van der Waals surface area contributed by atoms with E-state index in [-0.39, 0.29) is 11.5 Å². The van der Waals surface area contributed by atoms with Crippen LogP contribution in [0.25, 0.3) is 64.6 Å². The summed E-state index contributed by atoms with van der Waals surface area (Å²) < 4.78 is 2.26. The molecule has 0 aromatic heterocycles. The number of Topliss-reactive ketones (excluding diaryl/α,β-unsaturated/α-hetero) is 1. The van der Waals surface area contributed by atoms with Crippen LogP contribution in [0, 0.1) is 23.7 Å². The monoisotopic (exact) mass is 901 g/mol. The molecule has 70 heavy (non-hydrogen) atoms. The summed E-state index contributed by atoms with van der Waals surface area (Å²) in [5, 5.41) is 26.6. The molecule has 1 N–H and O–H groups in total. The molecule has 0 atom stereocenters. The molecule has 0 unspecified atom stereocenters. The van der Waals surface area contributed by atoms with Crippen LogP contribution < -0.4 is 4.90 Å². The summed E-state index contributed by atoms with van der Waals surface area (Å²) in [6.45, 7) is 14.5. The summed E-state index contributed by atoms with van der Waals surface area (Å²) in [5.74, 6) is 14.0. The maximum absolute atomic E-state index is 14.2. The number of aliphatic hydroxyl groups excluding tert-OH is 1. The molecule has 2 aliphatic heterocycles. The average molecular weight is 902 g/mol. The second-order valence-electron chi connectivity index (χ2n) is 20.2. The van der Waals surface area contributed by atoms with Crippen molar-refractivity contribution in [1.29, 1.82) is 0 Å². The van der Waals surface area contributed by atoms with E-state index in [1.54, 1.807) is 0 Å². The zero-order valence-electron chi connectivity index (χ0n) is 40.2. The van der Waals surface area contributed by atoms with Gasteiger partial charge in [0.1, 0.15) is 12.3 Å². The normalized spacial score (nSPS) is 17.1. The van der Waals surface area contributed by atoms with Crippen LogP contribution >= 0.6 is 0 Å². The van der Waals surface area contributed by atoms with Crippen molar-refractivity contribution in [2.45, 2.75) is 52.4 Å². The maximum atomic E-state index is 14.2. The van der Waals surface area contributed by atoms with Gasteiger partial charge in [0.2, 0.25) is 11.5 Å². The lowest BCUT2D eigenvalue weighted by Crippen LogP contribution is -2.32. The molecule has 0 spiro atoms. The van der Waals surface area contributed by atoms with Gasteiger partial charge < -0.3 is 10.0 Å². The van der Waals surface area contributed by atoms with Gasteiger partial charge in [0.25, 0.3) is 0 Å². The third kappa shape index (κ3) is 5.93. The van der Waals surface area contributed by atoms with Gasteiger partial charge in [0.15, 0.2) is 5.71 Å². The molecular weight excluding hydrogens is 853 g/mol. The fraction of sp³-hybridized carbons (Fsp3) is 0.152. The summed E-state index contributed by atoms with van der Waals surface area (Å²) in [4.78, 5) is 16.5. The topological polar surface area (TPSA) is 43.5 Å². The molecule has 0 bridgehead atoms. The molecule has 4 heteroatoms. The van der Waals surface area contributed by atoms with E-state index in [0.717, 1.165) is 56.2 Å². The number of ketones is 1. The second kappa shape index (κ2) is 15.0. The Bertz CT molecular complexity index is 4210. The van der Waals surface area contributed by atoms with Crippen molar-refractivity contribution in [3.63, 3.8) is 0 Å². The van der Waals surface area contributed by atoms with E-state index >= 15 is 0 Å². The minimum absolute atomic E-state index is 0.0373. The number of carbonyl (C=O) groups excluding carboxylic acids is 1. The van der Waals surface area contributed by atoms with Crippen molar-refractivity contribution in [1.82, 2.24) is 0 Å². The van der Waals surface area contributed by atoms with Crippen molar-refractivity contribution in [3.05, 3.63) is 214 Å². The van der Waals surface area contributed by atoms with Crippen molar-refractivity contribution in [2.24, 2.45) is 0 Å². The van der Waals surface area contributed by atoms with Gasteiger partial charge in [0, 0.05) is 63.3 Å². The zero-order chi connectivity index (χ0) is 47.8. The minimum atomic E-state index is -0.452. The first-order chi connectivity index (χ1) is 33.9. The van der Waals surface area contributed by atoms with Crippen molar-refractivity contribution < 1.29 is 14.5 Å². The molecule has 0 radical (unpaired) electrons. The van der Waals surface area contributed by atoms with E-state index in [9.17, 15) is 9.90 Å². The largest absolute Gasteiger partial charge is 0.506 e. The third-order valence-corrected chi connectivity index (χ3v) is 15.7. The van der Waals surface area contributed by atoms with Crippen molar-refractivity contribution >= 4 is 87.5 Å². The number of hydrogen-bond acceptors (Lipinski definition) is 3. The Balaban J connectivity index is 0.797. The van der Waals surface area contributed by atoms with Crippen LogP contribution in [0.15, 0.2) is 180 Å². The van der Waals surface area contributed by atoms with Crippen molar-refractivity contribution in [3.8, 4) is 23.7 Å². The predicted octanol–water partition coefficient (Wildman–Crippen LogP) is 14.7. The summed E-state index contributed by atoms with van der Waals surface area (Å²) in [7, 11) is 0. The highest BCUT2D eigenvalue weighted by molar-refractivity contribution is 6.26. The molecule has 0 amide bonds. The van der Waals surface area contributed by atoms with Gasteiger partial charge in [-0.25, -0.2) is 0 Å². The number of allylic oxidation sites excluding steroid dienone is 5. The lowest BCUT2D eigenvalue weighted by molar-refractivity contribution is -0.433. The molecular formula is C66H49N2O2+. The number of hydrogen-bond donors (Lipinski definition) is 1. The highest BCUT2D eigenvalue weighted by atomic mass is 16.3. The quantitative estimate of drug-likeness (QED) is 0.0828. The minimum Gasteiger partial charge on any atom is -0.506 e. The maximum Gasteiger partial charge on any atom is 0.209 e. The number of benzene rings is 10. The molecule has 10 aromatic rings. The number of nitrogens with zero attached hydrogens (tertiary/aromatic N) is 2. The van der Waals surface area contributed by atoms with Gasteiger partial charge in [0.05, 0.1) is 16.6 Å². The molecule has 13 rings (SSSR count). The number of fused-ring (bicyclic) bond motifs is 2. The number of carbonyl (C=O) groups is 1. The summed E-state index contributed by atoms with van der Waals surface area (Å²) in [6, 6.07) is 52.1. The second-order valence-corrected chi connectivity index (χ2v) is 20.2. The Morgan fingerprint density at radius 3 is 1.59 bits per heavy atom. The van der Waals surface area contributed by atoms with E-state index in [4.69, 9.17) is 0 Å². The van der Waals surface area contributed by atoms with Crippen LogP contribution in [-0.2, 0) is 15.6 Å². The number of aliphatic hydroxyl groups is 1. The molecule has 4 nitrogen and oxygen atoms in total. The predicted molar refractivity (Wildman–Crippen MR) is 291 cm³/mol. The molecule has 1 aliphatic carbocycles. The smallest absolute Gasteiger partial charge is 0.209 e. The first-order valence-electron chi connectivity index (χ1n) is 24.5. The Labute approximate surface area is 407 Å². The molecule has 334 valence electrons. The third-order valence-electron chi connectivity index (χ3n) is 15.7. The van der Waals surface area contributed by atoms with Gasteiger partial charge in [-0.3, -0.25) is 4.79 Å². The Morgan fingerprint density at radius 2 is 1.06 bits per heavy atom. The van der Waals surface area contributed by atoms with Gasteiger partial charge >= 0.3 is 0 Å².